The second kappa shape index (κ2) is 7.44. The number of rotatable bonds is 7. The van der Waals surface area contributed by atoms with E-state index in [-0.39, 0.29) is 0 Å². The maximum atomic E-state index is 10.7. The van der Waals surface area contributed by atoms with E-state index >= 15 is 0 Å². The Morgan fingerprint density at radius 1 is 1.48 bits per heavy atom. The minimum absolute atomic E-state index is 0.723. The first-order valence-corrected chi connectivity index (χ1v) is 8.46. The van der Waals surface area contributed by atoms with Crippen molar-refractivity contribution in [3.63, 3.8) is 0 Å². The molecule has 1 atom stereocenters. The molecule has 0 aliphatic rings. The van der Waals surface area contributed by atoms with Gasteiger partial charge in [0, 0.05) is 6.54 Å². The third kappa shape index (κ3) is 3.88. The first-order chi connectivity index (χ1) is 10.0. The maximum absolute atomic E-state index is 10.7. The Balaban J connectivity index is 2.27. The number of hydrogen-bond acceptors (Lipinski definition) is 6. The van der Waals surface area contributed by atoms with Crippen molar-refractivity contribution in [2.75, 3.05) is 20.6 Å². The first kappa shape index (κ1) is 16.5. The van der Waals surface area contributed by atoms with Crippen LogP contribution < -0.4 is 0 Å². The van der Waals surface area contributed by atoms with E-state index < -0.39 is 6.10 Å². The van der Waals surface area contributed by atoms with Crippen LogP contribution in [0, 0.1) is 0 Å². The molecule has 0 fully saturated rings. The van der Waals surface area contributed by atoms with Crippen LogP contribution in [0.3, 0.4) is 0 Å². The molecular weight excluding hydrogens is 354 g/mol. The van der Waals surface area contributed by atoms with Gasteiger partial charge in [0.05, 0.1) is 33.5 Å². The van der Waals surface area contributed by atoms with E-state index in [0.29, 0.717) is 0 Å². The van der Waals surface area contributed by atoms with E-state index in [1.807, 2.05) is 18.8 Å². The SMILES string of the molecule is CCCc1nnsc1C(O)c1c(Br)cnn1CCN(C)C. The van der Waals surface area contributed by atoms with Gasteiger partial charge in [0.15, 0.2) is 0 Å². The maximum Gasteiger partial charge on any atom is 0.134 e. The van der Waals surface area contributed by atoms with Crippen molar-refractivity contribution in [3.05, 3.63) is 26.9 Å². The van der Waals surface area contributed by atoms with Gasteiger partial charge in [-0.2, -0.15) is 5.10 Å². The number of aliphatic hydroxyl groups is 1. The fraction of sp³-hybridized carbons (Fsp3) is 0.615. The first-order valence-electron chi connectivity index (χ1n) is 6.89. The van der Waals surface area contributed by atoms with E-state index in [2.05, 4.69) is 42.4 Å². The zero-order valence-corrected chi connectivity index (χ0v) is 14.9. The van der Waals surface area contributed by atoms with Gasteiger partial charge >= 0.3 is 0 Å². The van der Waals surface area contributed by atoms with Gasteiger partial charge in [0.25, 0.3) is 0 Å². The minimum Gasteiger partial charge on any atom is -0.381 e. The van der Waals surface area contributed by atoms with E-state index in [9.17, 15) is 5.11 Å². The molecule has 2 aromatic heterocycles. The summed E-state index contributed by atoms with van der Waals surface area (Å²) in [5.41, 5.74) is 1.64. The number of halogens is 1. The molecule has 0 aliphatic carbocycles. The third-order valence-corrected chi connectivity index (χ3v) is 4.60. The molecule has 0 saturated heterocycles. The Morgan fingerprint density at radius 3 is 2.90 bits per heavy atom. The molecule has 0 bridgehead atoms. The number of aliphatic hydroxyl groups excluding tert-OH is 1. The van der Waals surface area contributed by atoms with Gasteiger partial charge in [0.2, 0.25) is 0 Å². The second-order valence-corrected chi connectivity index (χ2v) is 6.78. The van der Waals surface area contributed by atoms with Crippen LogP contribution in [0.2, 0.25) is 0 Å². The molecule has 8 heteroatoms. The van der Waals surface area contributed by atoms with E-state index in [4.69, 9.17) is 0 Å². The van der Waals surface area contributed by atoms with Gasteiger partial charge in [0.1, 0.15) is 6.10 Å². The van der Waals surface area contributed by atoms with E-state index in [1.54, 1.807) is 6.20 Å². The predicted molar refractivity (Wildman–Crippen MR) is 86.4 cm³/mol. The highest BCUT2D eigenvalue weighted by molar-refractivity contribution is 9.10. The van der Waals surface area contributed by atoms with Crippen LogP contribution in [0.15, 0.2) is 10.7 Å². The molecule has 0 aromatic carbocycles. The van der Waals surface area contributed by atoms with Gasteiger partial charge in [-0.05, 0) is 48.0 Å². The monoisotopic (exact) mass is 373 g/mol. The summed E-state index contributed by atoms with van der Waals surface area (Å²) in [7, 11) is 4.03. The standard InChI is InChI=1S/C13H20BrN5OS/c1-4-5-10-13(21-17-16-10)12(20)11-9(14)8-15-19(11)7-6-18(2)3/h8,12,20H,4-7H2,1-3H3. The average Bonchev–Trinajstić information content (AvgIpc) is 3.03. The number of aryl methyl sites for hydroxylation is 1. The van der Waals surface area contributed by atoms with Crippen molar-refractivity contribution in [2.24, 2.45) is 0 Å². The zero-order chi connectivity index (χ0) is 15.4. The Kier molecular flexibility index (Phi) is 5.86. The fourth-order valence-corrected chi connectivity index (χ4v) is 3.27. The third-order valence-electron chi connectivity index (χ3n) is 3.17. The summed E-state index contributed by atoms with van der Waals surface area (Å²) in [5, 5.41) is 19.2. The number of nitrogens with zero attached hydrogens (tertiary/aromatic N) is 5. The molecule has 1 unspecified atom stereocenters. The van der Waals surface area contributed by atoms with Crippen molar-refractivity contribution in [2.45, 2.75) is 32.4 Å². The highest BCUT2D eigenvalue weighted by Crippen LogP contribution is 2.32. The zero-order valence-electron chi connectivity index (χ0n) is 12.5. The van der Waals surface area contributed by atoms with Gasteiger partial charge in [-0.15, -0.1) is 5.10 Å². The Bertz CT molecular complexity index is 583. The van der Waals surface area contributed by atoms with Crippen molar-refractivity contribution in [3.8, 4) is 0 Å². The van der Waals surface area contributed by atoms with Crippen molar-refractivity contribution >= 4 is 27.5 Å². The average molecular weight is 374 g/mol. The van der Waals surface area contributed by atoms with Gasteiger partial charge in [-0.1, -0.05) is 17.8 Å². The van der Waals surface area contributed by atoms with Crippen LogP contribution >= 0.6 is 27.5 Å². The van der Waals surface area contributed by atoms with Crippen LogP contribution in [0.1, 0.15) is 35.7 Å². The molecular formula is C13H20BrN5OS. The lowest BCUT2D eigenvalue weighted by Gasteiger charge is -2.15. The highest BCUT2D eigenvalue weighted by atomic mass is 79.9. The molecule has 0 saturated carbocycles. The second-order valence-electron chi connectivity index (χ2n) is 5.14. The van der Waals surface area contributed by atoms with Crippen LogP contribution in [-0.2, 0) is 13.0 Å². The van der Waals surface area contributed by atoms with Crippen molar-refractivity contribution in [1.29, 1.82) is 0 Å². The highest BCUT2D eigenvalue weighted by Gasteiger charge is 2.24. The lowest BCUT2D eigenvalue weighted by Crippen LogP contribution is -2.21. The summed E-state index contributed by atoms with van der Waals surface area (Å²) in [6.07, 6.45) is 2.78. The lowest BCUT2D eigenvalue weighted by atomic mass is 10.1. The minimum atomic E-state index is -0.745. The Hall–Kier alpha value is -0.830. The Labute approximate surface area is 137 Å². The van der Waals surface area contributed by atoms with Crippen LogP contribution in [0.25, 0.3) is 0 Å². The molecule has 2 rings (SSSR count). The van der Waals surface area contributed by atoms with Crippen LogP contribution in [0.4, 0.5) is 0 Å². The molecule has 0 radical (unpaired) electrons. The molecule has 6 nitrogen and oxygen atoms in total. The molecule has 0 spiro atoms. The quantitative estimate of drug-likeness (QED) is 0.804. The number of likely N-dealkylation sites (N-methyl/N-ethyl adjacent to an activating group) is 1. The molecule has 0 aliphatic heterocycles. The summed E-state index contributed by atoms with van der Waals surface area (Å²) in [6.45, 7) is 3.67. The molecule has 1 N–H and O–H groups in total. The molecule has 2 aromatic rings. The summed E-state index contributed by atoms with van der Waals surface area (Å²) in [5.74, 6) is 0. The smallest absolute Gasteiger partial charge is 0.134 e. The lowest BCUT2D eigenvalue weighted by molar-refractivity contribution is 0.207. The normalized spacial score (nSPS) is 13.0. The van der Waals surface area contributed by atoms with E-state index in [0.717, 1.165) is 46.7 Å². The largest absolute Gasteiger partial charge is 0.381 e. The van der Waals surface area contributed by atoms with Gasteiger partial charge < -0.3 is 10.0 Å². The topological polar surface area (TPSA) is 67.1 Å². The fourth-order valence-electron chi connectivity index (χ4n) is 2.07. The van der Waals surface area contributed by atoms with Gasteiger partial charge in [-0.25, -0.2) is 0 Å². The summed E-state index contributed by atoms with van der Waals surface area (Å²) < 4.78 is 6.63. The Morgan fingerprint density at radius 2 is 2.24 bits per heavy atom. The predicted octanol–water partition coefficient (Wildman–Crippen LogP) is 2.09. The summed E-state index contributed by atoms with van der Waals surface area (Å²) >= 11 is 4.73. The molecule has 2 heterocycles. The van der Waals surface area contributed by atoms with Crippen LogP contribution in [-0.4, -0.2) is 50.0 Å². The van der Waals surface area contributed by atoms with Crippen molar-refractivity contribution < 1.29 is 5.11 Å². The molecule has 116 valence electrons. The van der Waals surface area contributed by atoms with E-state index in [1.165, 1.54) is 11.5 Å². The van der Waals surface area contributed by atoms with Crippen molar-refractivity contribution in [1.82, 2.24) is 24.3 Å². The summed E-state index contributed by atoms with van der Waals surface area (Å²) in [4.78, 5) is 2.90. The summed E-state index contributed by atoms with van der Waals surface area (Å²) in [6, 6.07) is 0. The number of hydrogen-bond donors (Lipinski definition) is 1. The van der Waals surface area contributed by atoms with Gasteiger partial charge in [-0.3, -0.25) is 4.68 Å². The molecule has 21 heavy (non-hydrogen) atoms. The molecule has 0 amide bonds. The number of aromatic nitrogens is 4. The van der Waals surface area contributed by atoms with Crippen LogP contribution in [0.5, 0.6) is 0 Å².